The predicted octanol–water partition coefficient (Wildman–Crippen LogP) is 1.55. The van der Waals surface area contributed by atoms with Gasteiger partial charge in [0.05, 0.1) is 13.2 Å². The lowest BCUT2D eigenvalue weighted by atomic mass is 9.94. The summed E-state index contributed by atoms with van der Waals surface area (Å²) in [5.74, 6) is 0.344. The SMILES string of the molecule is CCOC(=O)C1c2ccccc2NC1C1=NCCN1.Cl. The highest BCUT2D eigenvalue weighted by Gasteiger charge is 2.41. The van der Waals surface area contributed by atoms with Gasteiger partial charge in [0.15, 0.2) is 0 Å². The summed E-state index contributed by atoms with van der Waals surface area (Å²) in [6.07, 6.45) is 0. The molecule has 2 atom stereocenters. The van der Waals surface area contributed by atoms with E-state index < -0.39 is 0 Å². The standard InChI is InChI=1S/C14H17N3O2.ClH/c1-2-19-14(18)11-9-5-3-4-6-10(9)17-12(11)13-15-7-8-16-13;/h3-6,11-12,17H,2,7-8H2,1H3,(H,15,16);1H. The van der Waals surface area contributed by atoms with Gasteiger partial charge in [-0.1, -0.05) is 18.2 Å². The molecule has 2 aliphatic rings. The largest absolute Gasteiger partial charge is 0.465 e. The highest BCUT2D eigenvalue weighted by molar-refractivity contribution is 6.00. The molecule has 5 nitrogen and oxygen atoms in total. The Hall–Kier alpha value is -1.75. The van der Waals surface area contributed by atoms with Crippen molar-refractivity contribution in [3.8, 4) is 0 Å². The summed E-state index contributed by atoms with van der Waals surface area (Å²) in [6.45, 7) is 3.81. The smallest absolute Gasteiger partial charge is 0.316 e. The van der Waals surface area contributed by atoms with Crippen molar-refractivity contribution in [2.24, 2.45) is 4.99 Å². The fraction of sp³-hybridized carbons (Fsp3) is 0.429. The van der Waals surface area contributed by atoms with Crippen molar-refractivity contribution in [3.63, 3.8) is 0 Å². The zero-order chi connectivity index (χ0) is 13.2. The molecule has 0 saturated heterocycles. The van der Waals surface area contributed by atoms with Gasteiger partial charge in [0.1, 0.15) is 17.8 Å². The number of rotatable bonds is 3. The van der Waals surface area contributed by atoms with Crippen LogP contribution in [0.15, 0.2) is 29.3 Å². The molecule has 6 heteroatoms. The molecule has 0 spiro atoms. The molecule has 0 radical (unpaired) electrons. The second-order valence-electron chi connectivity index (χ2n) is 4.63. The molecule has 0 saturated carbocycles. The first-order valence-corrected chi connectivity index (χ1v) is 6.61. The van der Waals surface area contributed by atoms with Crippen LogP contribution in [0.25, 0.3) is 0 Å². The van der Waals surface area contributed by atoms with Gasteiger partial charge >= 0.3 is 5.97 Å². The lowest BCUT2D eigenvalue weighted by Gasteiger charge is -2.19. The van der Waals surface area contributed by atoms with Crippen molar-refractivity contribution in [2.75, 3.05) is 25.0 Å². The number of benzene rings is 1. The number of carbonyl (C=O) groups is 1. The van der Waals surface area contributed by atoms with Crippen molar-refractivity contribution in [2.45, 2.75) is 18.9 Å². The highest BCUT2D eigenvalue weighted by Crippen LogP contribution is 2.37. The number of hydrogen-bond donors (Lipinski definition) is 2. The van der Waals surface area contributed by atoms with Crippen molar-refractivity contribution >= 4 is 29.9 Å². The van der Waals surface area contributed by atoms with Crippen molar-refractivity contribution in [1.82, 2.24) is 5.32 Å². The first kappa shape index (κ1) is 14.7. The zero-order valence-electron chi connectivity index (χ0n) is 11.3. The van der Waals surface area contributed by atoms with Crippen molar-refractivity contribution in [1.29, 1.82) is 0 Å². The van der Waals surface area contributed by atoms with Crippen LogP contribution in [0.5, 0.6) is 0 Å². The van der Waals surface area contributed by atoms with E-state index in [-0.39, 0.29) is 30.3 Å². The maximum atomic E-state index is 12.2. The van der Waals surface area contributed by atoms with E-state index in [9.17, 15) is 4.79 Å². The lowest BCUT2D eigenvalue weighted by Crippen LogP contribution is -2.41. The van der Waals surface area contributed by atoms with E-state index in [4.69, 9.17) is 4.74 Å². The van der Waals surface area contributed by atoms with E-state index in [1.165, 1.54) is 0 Å². The first-order chi connectivity index (χ1) is 9.31. The Morgan fingerprint density at radius 3 is 2.95 bits per heavy atom. The number of nitrogens with zero attached hydrogens (tertiary/aromatic N) is 1. The molecule has 2 N–H and O–H groups in total. The zero-order valence-corrected chi connectivity index (χ0v) is 12.1. The third kappa shape index (κ3) is 2.45. The van der Waals surface area contributed by atoms with Gasteiger partial charge in [-0.2, -0.15) is 0 Å². The molecule has 0 aliphatic carbocycles. The second-order valence-corrected chi connectivity index (χ2v) is 4.63. The predicted molar refractivity (Wildman–Crippen MR) is 80.8 cm³/mol. The van der Waals surface area contributed by atoms with Crippen LogP contribution < -0.4 is 10.6 Å². The molecule has 2 heterocycles. The van der Waals surface area contributed by atoms with Gasteiger partial charge in [0.2, 0.25) is 0 Å². The maximum absolute atomic E-state index is 12.2. The van der Waals surface area contributed by atoms with E-state index >= 15 is 0 Å². The maximum Gasteiger partial charge on any atom is 0.316 e. The molecular weight excluding hydrogens is 278 g/mol. The quantitative estimate of drug-likeness (QED) is 0.831. The number of carbonyl (C=O) groups excluding carboxylic acids is 1. The summed E-state index contributed by atoms with van der Waals surface area (Å²) >= 11 is 0. The molecule has 20 heavy (non-hydrogen) atoms. The number of ether oxygens (including phenoxy) is 1. The summed E-state index contributed by atoms with van der Waals surface area (Å²) in [5.41, 5.74) is 1.98. The minimum atomic E-state index is -0.319. The van der Waals surface area contributed by atoms with E-state index in [2.05, 4.69) is 15.6 Å². The molecule has 0 amide bonds. The Morgan fingerprint density at radius 2 is 2.25 bits per heavy atom. The Bertz CT molecular complexity index is 533. The second kappa shape index (κ2) is 6.13. The molecule has 2 unspecified atom stereocenters. The van der Waals surface area contributed by atoms with Gasteiger partial charge < -0.3 is 15.4 Å². The summed E-state index contributed by atoms with van der Waals surface area (Å²) < 4.78 is 5.21. The molecule has 1 aromatic carbocycles. The van der Waals surface area contributed by atoms with Crippen LogP contribution in [0.3, 0.4) is 0 Å². The average Bonchev–Trinajstić information content (AvgIpc) is 3.06. The van der Waals surface area contributed by atoms with Gasteiger partial charge in [-0.3, -0.25) is 9.79 Å². The van der Waals surface area contributed by atoms with Crippen molar-refractivity contribution in [3.05, 3.63) is 29.8 Å². The number of anilines is 1. The van der Waals surface area contributed by atoms with Crippen LogP contribution in [-0.4, -0.2) is 37.5 Å². The van der Waals surface area contributed by atoms with Gasteiger partial charge in [-0.25, -0.2) is 0 Å². The average molecular weight is 296 g/mol. The minimum Gasteiger partial charge on any atom is -0.465 e. The molecule has 3 rings (SSSR count). The number of fused-ring (bicyclic) bond motifs is 1. The minimum absolute atomic E-state index is 0. The summed E-state index contributed by atoms with van der Waals surface area (Å²) in [7, 11) is 0. The topological polar surface area (TPSA) is 62.7 Å². The number of aliphatic imine (C=N–C) groups is 1. The van der Waals surface area contributed by atoms with Crippen LogP contribution in [0, 0.1) is 0 Å². The molecule has 2 aliphatic heterocycles. The molecule has 0 aromatic heterocycles. The van der Waals surface area contributed by atoms with Gasteiger partial charge in [0, 0.05) is 12.2 Å². The summed E-state index contributed by atoms with van der Waals surface area (Å²) in [4.78, 5) is 16.7. The van der Waals surface area contributed by atoms with Gasteiger partial charge in [0.25, 0.3) is 0 Å². The molecule has 0 bridgehead atoms. The number of halogens is 1. The molecule has 0 fully saturated rings. The Balaban J connectivity index is 0.00000147. The van der Waals surface area contributed by atoms with Crippen LogP contribution in [0.4, 0.5) is 5.69 Å². The van der Waals surface area contributed by atoms with Crippen LogP contribution in [0.1, 0.15) is 18.4 Å². The van der Waals surface area contributed by atoms with E-state index in [1.54, 1.807) is 0 Å². The number of para-hydroxylation sites is 1. The summed E-state index contributed by atoms with van der Waals surface area (Å²) in [6, 6.07) is 7.72. The number of nitrogens with one attached hydrogen (secondary N) is 2. The number of hydrogen-bond acceptors (Lipinski definition) is 5. The van der Waals surface area contributed by atoms with E-state index in [0.29, 0.717) is 6.61 Å². The number of esters is 1. The molecule has 1 aromatic rings. The monoisotopic (exact) mass is 295 g/mol. The molecular formula is C14H18ClN3O2. The van der Waals surface area contributed by atoms with Crippen molar-refractivity contribution < 1.29 is 9.53 Å². The van der Waals surface area contributed by atoms with Crippen LogP contribution in [-0.2, 0) is 9.53 Å². The Morgan fingerprint density at radius 1 is 1.45 bits per heavy atom. The van der Waals surface area contributed by atoms with Gasteiger partial charge in [-0.05, 0) is 18.6 Å². The van der Waals surface area contributed by atoms with Crippen LogP contribution in [0.2, 0.25) is 0 Å². The summed E-state index contributed by atoms with van der Waals surface area (Å²) in [5, 5.41) is 6.61. The fourth-order valence-electron chi connectivity index (χ4n) is 2.68. The number of amidine groups is 1. The van der Waals surface area contributed by atoms with E-state index in [1.807, 2.05) is 31.2 Å². The first-order valence-electron chi connectivity index (χ1n) is 6.61. The normalized spacial score (nSPS) is 22.9. The van der Waals surface area contributed by atoms with Gasteiger partial charge in [-0.15, -0.1) is 12.4 Å². The highest BCUT2D eigenvalue weighted by atomic mass is 35.5. The third-order valence-electron chi connectivity index (χ3n) is 3.48. The lowest BCUT2D eigenvalue weighted by molar-refractivity contribution is -0.144. The molecule has 108 valence electrons. The van der Waals surface area contributed by atoms with E-state index in [0.717, 1.165) is 30.2 Å². The Kier molecular flexibility index (Phi) is 4.49. The fourth-order valence-corrected chi connectivity index (χ4v) is 2.68. The van der Waals surface area contributed by atoms with Crippen LogP contribution >= 0.6 is 12.4 Å². The third-order valence-corrected chi connectivity index (χ3v) is 3.48. The Labute approximate surface area is 124 Å².